The van der Waals surface area contributed by atoms with E-state index in [0.717, 1.165) is 24.5 Å². The molecule has 1 N–H and O–H groups in total. The van der Waals surface area contributed by atoms with E-state index in [0.29, 0.717) is 25.2 Å². The highest BCUT2D eigenvalue weighted by Gasteiger charge is 2.09. The van der Waals surface area contributed by atoms with Gasteiger partial charge >= 0.3 is 0 Å². The third-order valence-corrected chi connectivity index (χ3v) is 3.02. The molecule has 1 aromatic carbocycles. The second-order valence-corrected chi connectivity index (χ2v) is 5.55. The lowest BCUT2D eigenvalue weighted by atomic mass is 10.1. The number of ether oxygens (including phenoxy) is 2. The summed E-state index contributed by atoms with van der Waals surface area (Å²) >= 11 is 0. The van der Waals surface area contributed by atoms with E-state index in [1.807, 2.05) is 19.9 Å². The fourth-order valence-corrected chi connectivity index (χ4v) is 2.09. The summed E-state index contributed by atoms with van der Waals surface area (Å²) in [4.78, 5) is 0. The van der Waals surface area contributed by atoms with Crippen LogP contribution in [0.15, 0.2) is 18.2 Å². The lowest BCUT2D eigenvalue weighted by Gasteiger charge is -2.17. The van der Waals surface area contributed by atoms with Crippen LogP contribution in [0.4, 0.5) is 0 Å². The molecule has 0 aliphatic heterocycles. The monoisotopic (exact) mass is 279 g/mol. The molecule has 1 atom stereocenters. The summed E-state index contributed by atoms with van der Waals surface area (Å²) in [6.45, 7) is 13.0. The molecule has 0 aliphatic carbocycles. The predicted octanol–water partition coefficient (Wildman–Crippen LogP) is 3.66. The van der Waals surface area contributed by atoms with Gasteiger partial charge in [0.2, 0.25) is 0 Å². The van der Waals surface area contributed by atoms with Gasteiger partial charge in [0.05, 0.1) is 13.2 Å². The Hall–Kier alpha value is -1.22. The summed E-state index contributed by atoms with van der Waals surface area (Å²) in [6, 6.07) is 6.70. The van der Waals surface area contributed by atoms with Crippen LogP contribution in [-0.2, 0) is 6.42 Å². The molecule has 0 heterocycles. The molecular weight excluding hydrogens is 250 g/mol. The maximum absolute atomic E-state index is 5.66. The van der Waals surface area contributed by atoms with Crippen molar-refractivity contribution in [3.63, 3.8) is 0 Å². The van der Waals surface area contributed by atoms with Gasteiger partial charge in [-0.05, 0) is 57.4 Å². The topological polar surface area (TPSA) is 30.5 Å². The summed E-state index contributed by atoms with van der Waals surface area (Å²) in [6.07, 6.45) is 0.999. The molecule has 0 bridgehead atoms. The molecule has 0 saturated carbocycles. The molecule has 0 spiro atoms. The van der Waals surface area contributed by atoms with Gasteiger partial charge in [0.1, 0.15) is 0 Å². The molecule has 0 aromatic heterocycles. The van der Waals surface area contributed by atoms with Crippen molar-refractivity contribution in [3.05, 3.63) is 23.8 Å². The van der Waals surface area contributed by atoms with Crippen LogP contribution in [0, 0.1) is 5.92 Å². The Balaban J connectivity index is 2.68. The summed E-state index contributed by atoms with van der Waals surface area (Å²) in [5.41, 5.74) is 1.28. The van der Waals surface area contributed by atoms with Crippen molar-refractivity contribution in [2.75, 3.05) is 19.8 Å². The van der Waals surface area contributed by atoms with Gasteiger partial charge in [-0.25, -0.2) is 0 Å². The third kappa shape index (κ3) is 5.83. The van der Waals surface area contributed by atoms with Gasteiger partial charge in [-0.3, -0.25) is 0 Å². The zero-order chi connectivity index (χ0) is 15.0. The normalized spacial score (nSPS) is 12.5. The van der Waals surface area contributed by atoms with Crippen LogP contribution < -0.4 is 14.8 Å². The first-order chi connectivity index (χ1) is 9.56. The van der Waals surface area contributed by atoms with E-state index in [-0.39, 0.29) is 0 Å². The molecule has 0 amide bonds. The lowest BCUT2D eigenvalue weighted by Crippen LogP contribution is -2.31. The van der Waals surface area contributed by atoms with Crippen LogP contribution in [-0.4, -0.2) is 25.8 Å². The van der Waals surface area contributed by atoms with E-state index >= 15 is 0 Å². The first-order valence-corrected chi connectivity index (χ1v) is 7.68. The van der Waals surface area contributed by atoms with Crippen LogP contribution in [0.1, 0.15) is 40.2 Å². The minimum absolute atomic E-state index is 0.463. The van der Waals surface area contributed by atoms with E-state index in [2.05, 4.69) is 38.2 Å². The Morgan fingerprint density at radius 3 is 2.25 bits per heavy atom. The molecule has 3 nitrogen and oxygen atoms in total. The SMILES string of the molecule is CCOc1ccc(CC(C)NCC(C)C)cc1OCC. The van der Waals surface area contributed by atoms with Crippen LogP contribution in [0.3, 0.4) is 0 Å². The maximum atomic E-state index is 5.66. The molecule has 114 valence electrons. The maximum Gasteiger partial charge on any atom is 0.161 e. The lowest BCUT2D eigenvalue weighted by molar-refractivity contribution is 0.287. The minimum atomic E-state index is 0.463. The number of hydrogen-bond acceptors (Lipinski definition) is 3. The molecule has 1 unspecified atom stereocenters. The van der Waals surface area contributed by atoms with E-state index < -0.39 is 0 Å². The number of rotatable bonds is 9. The number of hydrogen-bond donors (Lipinski definition) is 1. The average Bonchev–Trinajstić information content (AvgIpc) is 2.40. The fraction of sp³-hybridized carbons (Fsp3) is 0.647. The third-order valence-electron chi connectivity index (χ3n) is 3.02. The van der Waals surface area contributed by atoms with Crippen molar-refractivity contribution in [2.24, 2.45) is 5.92 Å². The molecule has 1 aromatic rings. The zero-order valence-corrected chi connectivity index (χ0v) is 13.5. The summed E-state index contributed by atoms with van der Waals surface area (Å²) in [5, 5.41) is 3.55. The van der Waals surface area contributed by atoms with Crippen molar-refractivity contribution in [1.82, 2.24) is 5.32 Å². The fourth-order valence-electron chi connectivity index (χ4n) is 2.09. The summed E-state index contributed by atoms with van der Waals surface area (Å²) < 4.78 is 11.3. The molecule has 0 aliphatic rings. The first-order valence-electron chi connectivity index (χ1n) is 7.68. The summed E-state index contributed by atoms with van der Waals surface area (Å²) in [5.74, 6) is 2.36. The largest absolute Gasteiger partial charge is 0.490 e. The molecule has 3 heteroatoms. The highest BCUT2D eigenvalue weighted by molar-refractivity contribution is 5.43. The van der Waals surface area contributed by atoms with E-state index in [1.165, 1.54) is 5.56 Å². The van der Waals surface area contributed by atoms with Crippen LogP contribution in [0.25, 0.3) is 0 Å². The molecule has 20 heavy (non-hydrogen) atoms. The van der Waals surface area contributed by atoms with Gasteiger partial charge in [0, 0.05) is 6.04 Å². The van der Waals surface area contributed by atoms with Crippen molar-refractivity contribution in [1.29, 1.82) is 0 Å². The van der Waals surface area contributed by atoms with Crippen LogP contribution >= 0.6 is 0 Å². The van der Waals surface area contributed by atoms with Gasteiger partial charge in [-0.2, -0.15) is 0 Å². The Kier molecular flexibility index (Phi) is 7.45. The van der Waals surface area contributed by atoms with Gasteiger partial charge in [0.15, 0.2) is 11.5 Å². The standard InChI is InChI=1S/C17H29NO2/c1-6-19-16-9-8-15(11-17(16)20-7-2)10-14(5)18-12-13(3)4/h8-9,11,13-14,18H,6-7,10,12H2,1-5H3. The van der Waals surface area contributed by atoms with E-state index in [1.54, 1.807) is 0 Å². The van der Waals surface area contributed by atoms with Gasteiger partial charge in [-0.15, -0.1) is 0 Å². The second kappa shape index (κ2) is 8.85. The van der Waals surface area contributed by atoms with Gasteiger partial charge in [-0.1, -0.05) is 19.9 Å². The van der Waals surface area contributed by atoms with E-state index in [4.69, 9.17) is 9.47 Å². The zero-order valence-electron chi connectivity index (χ0n) is 13.5. The quantitative estimate of drug-likeness (QED) is 0.748. The highest BCUT2D eigenvalue weighted by atomic mass is 16.5. The van der Waals surface area contributed by atoms with Crippen LogP contribution in [0.2, 0.25) is 0 Å². The highest BCUT2D eigenvalue weighted by Crippen LogP contribution is 2.28. The minimum Gasteiger partial charge on any atom is -0.490 e. The van der Waals surface area contributed by atoms with Crippen molar-refractivity contribution in [3.8, 4) is 11.5 Å². The van der Waals surface area contributed by atoms with Gasteiger partial charge in [0.25, 0.3) is 0 Å². The van der Waals surface area contributed by atoms with Crippen molar-refractivity contribution in [2.45, 2.75) is 47.1 Å². The molecule has 1 rings (SSSR count). The van der Waals surface area contributed by atoms with E-state index in [9.17, 15) is 0 Å². The Morgan fingerprint density at radius 2 is 1.65 bits per heavy atom. The first kappa shape index (κ1) is 16.8. The smallest absolute Gasteiger partial charge is 0.161 e. The number of nitrogens with one attached hydrogen (secondary N) is 1. The summed E-state index contributed by atoms with van der Waals surface area (Å²) in [7, 11) is 0. The Labute approximate surface area is 123 Å². The predicted molar refractivity (Wildman–Crippen MR) is 84.8 cm³/mol. The second-order valence-electron chi connectivity index (χ2n) is 5.55. The van der Waals surface area contributed by atoms with Crippen molar-refractivity contribution >= 4 is 0 Å². The Morgan fingerprint density at radius 1 is 1.00 bits per heavy atom. The molecule has 0 saturated heterocycles. The van der Waals surface area contributed by atoms with Gasteiger partial charge < -0.3 is 14.8 Å². The van der Waals surface area contributed by atoms with Crippen molar-refractivity contribution < 1.29 is 9.47 Å². The Bertz CT molecular complexity index is 391. The number of benzene rings is 1. The molecule has 0 fully saturated rings. The van der Waals surface area contributed by atoms with Crippen LogP contribution in [0.5, 0.6) is 11.5 Å². The molecule has 0 radical (unpaired) electrons. The molecular formula is C17H29NO2. The average molecular weight is 279 g/mol.